The fourth-order valence-corrected chi connectivity index (χ4v) is 1.85. The van der Waals surface area contributed by atoms with E-state index in [1.165, 1.54) is 4.90 Å². The number of likely N-dealkylation sites (tertiary alicyclic amines) is 1. The highest BCUT2D eigenvalue weighted by Crippen LogP contribution is 2.37. The van der Waals surface area contributed by atoms with Crippen molar-refractivity contribution in [1.82, 2.24) is 4.90 Å². The van der Waals surface area contributed by atoms with E-state index in [4.69, 9.17) is 14.6 Å². The molecule has 2 saturated heterocycles. The number of rotatable bonds is 1. The molecule has 0 aromatic heterocycles. The van der Waals surface area contributed by atoms with Crippen molar-refractivity contribution >= 4 is 12.1 Å². The molecule has 0 aromatic carbocycles. The number of epoxide rings is 1. The van der Waals surface area contributed by atoms with Gasteiger partial charge in [-0.3, -0.25) is 4.90 Å². The molecule has 0 radical (unpaired) electrons. The Kier molecular flexibility index (Phi) is 2.34. The van der Waals surface area contributed by atoms with Crippen LogP contribution in [0.25, 0.3) is 0 Å². The van der Waals surface area contributed by atoms with Crippen LogP contribution in [0.1, 0.15) is 20.8 Å². The zero-order valence-electron chi connectivity index (χ0n) is 9.47. The van der Waals surface area contributed by atoms with E-state index in [2.05, 4.69) is 0 Å². The van der Waals surface area contributed by atoms with Gasteiger partial charge in [-0.1, -0.05) is 0 Å². The van der Waals surface area contributed by atoms with E-state index in [0.29, 0.717) is 6.54 Å². The molecule has 90 valence electrons. The number of aliphatic carboxylic acids is 1. The normalized spacial score (nSPS) is 32.2. The van der Waals surface area contributed by atoms with E-state index < -0.39 is 23.7 Å². The lowest BCUT2D eigenvalue weighted by Gasteiger charge is -2.27. The van der Waals surface area contributed by atoms with Crippen LogP contribution in [0.2, 0.25) is 0 Å². The largest absolute Gasteiger partial charge is 0.480 e. The van der Waals surface area contributed by atoms with Crippen molar-refractivity contribution in [3.8, 4) is 0 Å². The van der Waals surface area contributed by atoms with Crippen LogP contribution in [-0.4, -0.2) is 52.5 Å². The highest BCUT2D eigenvalue weighted by atomic mass is 16.6. The van der Waals surface area contributed by atoms with Crippen molar-refractivity contribution in [3.05, 3.63) is 0 Å². The Morgan fingerprint density at radius 2 is 2.06 bits per heavy atom. The summed E-state index contributed by atoms with van der Waals surface area (Å²) in [6, 6.07) is -0.903. The van der Waals surface area contributed by atoms with Crippen LogP contribution in [-0.2, 0) is 14.3 Å². The second-order valence-corrected chi connectivity index (χ2v) is 5.05. The molecule has 3 atom stereocenters. The van der Waals surface area contributed by atoms with Gasteiger partial charge in [0.05, 0.1) is 6.54 Å². The second kappa shape index (κ2) is 3.35. The fourth-order valence-electron chi connectivity index (χ4n) is 1.85. The average Bonchev–Trinajstić information content (AvgIpc) is 2.73. The Labute approximate surface area is 93.1 Å². The molecule has 1 amide bonds. The van der Waals surface area contributed by atoms with Crippen LogP contribution in [0.15, 0.2) is 0 Å². The van der Waals surface area contributed by atoms with Crippen molar-refractivity contribution in [2.45, 2.75) is 44.6 Å². The summed E-state index contributed by atoms with van der Waals surface area (Å²) in [4.78, 5) is 23.9. The van der Waals surface area contributed by atoms with Crippen molar-refractivity contribution in [2.75, 3.05) is 6.54 Å². The first-order valence-corrected chi connectivity index (χ1v) is 5.17. The summed E-state index contributed by atoms with van der Waals surface area (Å²) in [7, 11) is 0. The number of hydrogen-bond donors (Lipinski definition) is 1. The number of ether oxygens (including phenoxy) is 2. The molecule has 16 heavy (non-hydrogen) atoms. The topological polar surface area (TPSA) is 79.4 Å². The lowest BCUT2D eigenvalue weighted by Crippen LogP contribution is -2.46. The molecule has 2 rings (SSSR count). The van der Waals surface area contributed by atoms with Crippen LogP contribution >= 0.6 is 0 Å². The van der Waals surface area contributed by atoms with Crippen LogP contribution in [0.3, 0.4) is 0 Å². The van der Waals surface area contributed by atoms with Crippen LogP contribution in [0, 0.1) is 0 Å². The maximum absolute atomic E-state index is 11.7. The average molecular weight is 229 g/mol. The molecule has 2 unspecified atom stereocenters. The monoisotopic (exact) mass is 229 g/mol. The predicted molar refractivity (Wildman–Crippen MR) is 53.0 cm³/mol. The second-order valence-electron chi connectivity index (χ2n) is 5.05. The summed E-state index contributed by atoms with van der Waals surface area (Å²) >= 11 is 0. The Morgan fingerprint density at radius 1 is 1.44 bits per heavy atom. The van der Waals surface area contributed by atoms with Gasteiger partial charge in [0.1, 0.15) is 17.8 Å². The van der Waals surface area contributed by atoms with Crippen LogP contribution < -0.4 is 0 Å². The molecule has 2 aliphatic rings. The third-order valence-corrected chi connectivity index (χ3v) is 2.53. The number of morpholine rings is 1. The van der Waals surface area contributed by atoms with E-state index in [9.17, 15) is 9.59 Å². The van der Waals surface area contributed by atoms with Gasteiger partial charge in [-0.25, -0.2) is 9.59 Å². The zero-order valence-corrected chi connectivity index (χ0v) is 9.47. The molecule has 6 nitrogen and oxygen atoms in total. The van der Waals surface area contributed by atoms with Gasteiger partial charge < -0.3 is 14.6 Å². The number of fused-ring (bicyclic) bond motifs is 1. The molecular formula is C10H15NO5. The van der Waals surface area contributed by atoms with Gasteiger partial charge in [0.25, 0.3) is 0 Å². The smallest absolute Gasteiger partial charge is 0.411 e. The van der Waals surface area contributed by atoms with E-state index in [1.54, 1.807) is 20.8 Å². The van der Waals surface area contributed by atoms with Gasteiger partial charge in [0.2, 0.25) is 0 Å². The van der Waals surface area contributed by atoms with E-state index in [1.807, 2.05) is 0 Å². The quantitative estimate of drug-likeness (QED) is 0.661. The molecule has 1 N–H and O–H groups in total. The molecule has 2 fully saturated rings. The van der Waals surface area contributed by atoms with E-state index in [0.717, 1.165) is 0 Å². The SMILES string of the molecule is CC(C)(C)OC(=O)N1CC2OC2[C@H]1C(=O)O. The number of carboxylic acid groups (broad SMARTS) is 1. The lowest BCUT2D eigenvalue weighted by atomic mass is 10.2. The first-order valence-electron chi connectivity index (χ1n) is 5.17. The maximum atomic E-state index is 11.7. The Morgan fingerprint density at radius 3 is 2.56 bits per heavy atom. The minimum atomic E-state index is -1.05. The number of carbonyl (C=O) groups is 2. The number of nitrogens with zero attached hydrogens (tertiary/aromatic N) is 1. The predicted octanol–water partition coefficient (Wildman–Crippen LogP) is 0.458. The Bertz CT molecular complexity index is 335. The van der Waals surface area contributed by atoms with Gasteiger partial charge in [-0.15, -0.1) is 0 Å². The fraction of sp³-hybridized carbons (Fsp3) is 0.800. The molecule has 0 saturated carbocycles. The lowest BCUT2D eigenvalue weighted by molar-refractivity contribution is -0.143. The summed E-state index contributed by atoms with van der Waals surface area (Å²) in [6.45, 7) is 5.53. The third-order valence-electron chi connectivity index (χ3n) is 2.53. The summed E-state index contributed by atoms with van der Waals surface area (Å²) in [6.07, 6.45) is -1.07. The molecule has 0 aliphatic carbocycles. The van der Waals surface area contributed by atoms with Crippen molar-refractivity contribution in [1.29, 1.82) is 0 Å². The Hall–Kier alpha value is -1.30. The number of hydrogen-bond acceptors (Lipinski definition) is 4. The van der Waals surface area contributed by atoms with Gasteiger partial charge in [0, 0.05) is 0 Å². The van der Waals surface area contributed by atoms with Crippen LogP contribution in [0.5, 0.6) is 0 Å². The van der Waals surface area contributed by atoms with Crippen molar-refractivity contribution < 1.29 is 24.2 Å². The highest BCUT2D eigenvalue weighted by molar-refractivity contribution is 5.82. The van der Waals surface area contributed by atoms with Gasteiger partial charge in [0.15, 0.2) is 6.04 Å². The zero-order chi connectivity index (χ0) is 12.1. The molecule has 0 spiro atoms. The molecular weight excluding hydrogens is 214 g/mol. The summed E-state index contributed by atoms with van der Waals surface area (Å²) in [5, 5.41) is 9.00. The molecule has 0 aromatic rings. The van der Waals surface area contributed by atoms with Crippen molar-refractivity contribution in [2.24, 2.45) is 0 Å². The maximum Gasteiger partial charge on any atom is 0.411 e. The minimum Gasteiger partial charge on any atom is -0.480 e. The highest BCUT2D eigenvalue weighted by Gasteiger charge is 2.60. The number of carboxylic acids is 1. The molecule has 6 heteroatoms. The van der Waals surface area contributed by atoms with E-state index >= 15 is 0 Å². The van der Waals surface area contributed by atoms with Gasteiger partial charge in [-0.05, 0) is 20.8 Å². The van der Waals surface area contributed by atoms with Crippen molar-refractivity contribution in [3.63, 3.8) is 0 Å². The third kappa shape index (κ3) is 1.97. The summed E-state index contributed by atoms with van der Waals surface area (Å²) in [5.74, 6) is -1.05. The van der Waals surface area contributed by atoms with Gasteiger partial charge in [-0.2, -0.15) is 0 Å². The summed E-state index contributed by atoms with van der Waals surface area (Å²) < 4.78 is 10.2. The number of carbonyl (C=O) groups excluding carboxylic acids is 1. The Balaban J connectivity index is 2.04. The molecule has 2 heterocycles. The number of amides is 1. The first-order chi connectivity index (χ1) is 7.29. The molecule has 0 bridgehead atoms. The summed E-state index contributed by atoms with van der Waals surface area (Å²) in [5.41, 5.74) is -0.617. The molecule has 2 aliphatic heterocycles. The first kappa shape index (κ1) is 11.2. The standard InChI is InChI=1S/C10H15NO5/c1-10(2,3)16-9(14)11-4-5-7(15-5)6(11)8(12)13/h5-7H,4H2,1-3H3,(H,12,13)/t5?,6-,7?/m0/s1. The minimum absolute atomic E-state index is 0.131. The van der Waals surface area contributed by atoms with E-state index in [-0.39, 0.29) is 12.2 Å². The van der Waals surface area contributed by atoms with Gasteiger partial charge >= 0.3 is 12.1 Å². The van der Waals surface area contributed by atoms with Crippen LogP contribution in [0.4, 0.5) is 4.79 Å².